The molecule has 1 aliphatic heterocycles. The summed E-state index contributed by atoms with van der Waals surface area (Å²) < 4.78 is 0. The van der Waals surface area contributed by atoms with Gasteiger partial charge in [-0.05, 0) is 50.2 Å². The fraction of sp³-hybridized carbons (Fsp3) is 0.407. The van der Waals surface area contributed by atoms with E-state index < -0.39 is 0 Å². The Balaban J connectivity index is 1.30. The Morgan fingerprint density at radius 2 is 1.68 bits per heavy atom. The lowest BCUT2D eigenvalue weighted by molar-refractivity contribution is 0.247. The Kier molecular flexibility index (Phi) is 6.54. The van der Waals surface area contributed by atoms with Crippen LogP contribution in [0.25, 0.3) is 22.4 Å². The zero-order valence-corrected chi connectivity index (χ0v) is 20.5. The van der Waals surface area contributed by atoms with Gasteiger partial charge in [-0.25, -0.2) is 9.97 Å². The van der Waals surface area contributed by atoms with Crippen molar-refractivity contribution in [1.82, 2.24) is 24.8 Å². The van der Waals surface area contributed by atoms with Gasteiger partial charge < -0.3 is 19.8 Å². The van der Waals surface area contributed by atoms with Gasteiger partial charge in [0.25, 0.3) is 0 Å². The number of aromatic nitrogens is 4. The maximum absolute atomic E-state index is 5.03. The number of nitrogens with one attached hydrogen (secondary N) is 2. The molecule has 0 spiro atoms. The highest BCUT2D eigenvalue weighted by Gasteiger charge is 2.21. The number of hydrogen-bond donors (Lipinski definition) is 2. The normalized spacial score (nSPS) is 14.7. The zero-order chi connectivity index (χ0) is 23.5. The minimum Gasteiger partial charge on any atom is -0.372 e. The second-order valence-corrected chi connectivity index (χ2v) is 8.95. The SMILES string of the molecule is CCc1ncc(CN2CCN(c3cccc4[nH]c(-c5ccc(N(CC)CC)cc5)nc34)CC2)[nH]1. The van der Waals surface area contributed by atoms with E-state index in [9.17, 15) is 0 Å². The van der Waals surface area contributed by atoms with E-state index in [1.807, 2.05) is 6.20 Å². The number of nitrogens with zero attached hydrogens (tertiary/aromatic N) is 5. The molecule has 2 N–H and O–H groups in total. The Morgan fingerprint density at radius 3 is 2.35 bits per heavy atom. The number of benzene rings is 2. The first-order chi connectivity index (χ1) is 16.7. The standard InChI is InChI=1S/C27H35N7/c1-4-25-28-18-21(29-25)19-32-14-16-34(17-15-32)24-9-7-8-23-26(24)31-27(30-23)20-10-12-22(13-11-20)33(5-2)6-3/h7-13,18H,4-6,14-17,19H2,1-3H3,(H,28,29)(H,30,31). The number of aromatic amines is 2. The van der Waals surface area contributed by atoms with Gasteiger partial charge >= 0.3 is 0 Å². The number of hydrogen-bond acceptors (Lipinski definition) is 5. The minimum absolute atomic E-state index is 0.929. The highest BCUT2D eigenvalue weighted by molar-refractivity contribution is 5.91. The van der Waals surface area contributed by atoms with E-state index in [1.54, 1.807) is 0 Å². The summed E-state index contributed by atoms with van der Waals surface area (Å²) in [5.41, 5.74) is 6.94. The van der Waals surface area contributed by atoms with Crippen molar-refractivity contribution in [2.45, 2.75) is 33.7 Å². The molecule has 178 valence electrons. The smallest absolute Gasteiger partial charge is 0.138 e. The molecule has 7 nitrogen and oxygen atoms in total. The molecule has 1 aliphatic rings. The maximum Gasteiger partial charge on any atom is 0.138 e. The summed E-state index contributed by atoms with van der Waals surface area (Å²) in [4.78, 5) is 23.8. The third kappa shape index (κ3) is 4.53. The predicted octanol–water partition coefficient (Wildman–Crippen LogP) is 4.68. The van der Waals surface area contributed by atoms with Gasteiger partial charge in [0.15, 0.2) is 0 Å². The molecule has 1 fully saturated rings. The van der Waals surface area contributed by atoms with Crippen molar-refractivity contribution in [3.63, 3.8) is 0 Å². The molecular formula is C27H35N7. The number of fused-ring (bicyclic) bond motifs is 1. The first kappa shape index (κ1) is 22.5. The summed E-state index contributed by atoms with van der Waals surface area (Å²) in [6, 6.07) is 15.2. The number of aryl methyl sites for hydroxylation is 1. The molecule has 2 aromatic carbocycles. The van der Waals surface area contributed by atoms with Gasteiger partial charge in [-0.1, -0.05) is 13.0 Å². The summed E-state index contributed by atoms with van der Waals surface area (Å²) in [5.74, 6) is 2.00. The lowest BCUT2D eigenvalue weighted by Gasteiger charge is -2.35. The molecule has 0 aliphatic carbocycles. The number of imidazole rings is 2. The topological polar surface area (TPSA) is 67.1 Å². The van der Waals surface area contributed by atoms with Crippen LogP contribution in [-0.4, -0.2) is 64.1 Å². The van der Waals surface area contributed by atoms with Gasteiger partial charge in [-0.2, -0.15) is 0 Å². The number of rotatable bonds is 8. The van der Waals surface area contributed by atoms with Crippen LogP contribution in [0.4, 0.5) is 11.4 Å². The van der Waals surface area contributed by atoms with Gasteiger partial charge in [0.2, 0.25) is 0 Å². The third-order valence-electron chi connectivity index (χ3n) is 6.88. The molecule has 5 rings (SSSR count). The molecule has 34 heavy (non-hydrogen) atoms. The van der Waals surface area contributed by atoms with Crippen LogP contribution in [-0.2, 0) is 13.0 Å². The Hall–Kier alpha value is -3.32. The summed E-state index contributed by atoms with van der Waals surface area (Å²) in [7, 11) is 0. The molecule has 7 heteroatoms. The molecule has 0 bridgehead atoms. The molecule has 2 aromatic heterocycles. The van der Waals surface area contributed by atoms with Crippen molar-refractivity contribution in [3.8, 4) is 11.4 Å². The van der Waals surface area contributed by atoms with E-state index in [1.165, 1.54) is 17.1 Å². The van der Waals surface area contributed by atoms with E-state index in [2.05, 4.69) is 92.9 Å². The summed E-state index contributed by atoms with van der Waals surface area (Å²) >= 11 is 0. The average molecular weight is 458 g/mol. The lowest BCUT2D eigenvalue weighted by atomic mass is 10.2. The highest BCUT2D eigenvalue weighted by Crippen LogP contribution is 2.30. The molecule has 0 amide bonds. The number of anilines is 2. The zero-order valence-electron chi connectivity index (χ0n) is 20.5. The number of piperazine rings is 1. The molecule has 4 aromatic rings. The van der Waals surface area contributed by atoms with Gasteiger partial charge in [-0.3, -0.25) is 4.90 Å². The molecular weight excluding hydrogens is 422 g/mol. The Bertz CT molecular complexity index is 1210. The maximum atomic E-state index is 5.03. The molecule has 0 saturated carbocycles. The van der Waals surface area contributed by atoms with Crippen LogP contribution in [0, 0.1) is 0 Å². The van der Waals surface area contributed by atoms with E-state index >= 15 is 0 Å². The van der Waals surface area contributed by atoms with Gasteiger partial charge in [0, 0.05) is 75.4 Å². The summed E-state index contributed by atoms with van der Waals surface area (Å²) in [5, 5.41) is 0. The van der Waals surface area contributed by atoms with Crippen molar-refractivity contribution in [2.24, 2.45) is 0 Å². The van der Waals surface area contributed by atoms with Crippen LogP contribution >= 0.6 is 0 Å². The van der Waals surface area contributed by atoms with Crippen LogP contribution < -0.4 is 9.80 Å². The second-order valence-electron chi connectivity index (χ2n) is 8.95. The van der Waals surface area contributed by atoms with Crippen molar-refractivity contribution in [3.05, 3.63) is 60.2 Å². The molecule has 3 heterocycles. The van der Waals surface area contributed by atoms with Crippen LogP contribution in [0.5, 0.6) is 0 Å². The molecule has 0 radical (unpaired) electrons. The first-order valence-electron chi connectivity index (χ1n) is 12.5. The average Bonchev–Trinajstić information content (AvgIpc) is 3.52. The van der Waals surface area contributed by atoms with Crippen LogP contribution in [0.1, 0.15) is 32.3 Å². The first-order valence-corrected chi connectivity index (χ1v) is 12.5. The highest BCUT2D eigenvalue weighted by atomic mass is 15.3. The third-order valence-corrected chi connectivity index (χ3v) is 6.88. The Labute approximate surface area is 201 Å². The van der Waals surface area contributed by atoms with E-state index in [0.717, 1.165) is 80.5 Å². The van der Waals surface area contributed by atoms with Crippen LogP contribution in [0.15, 0.2) is 48.7 Å². The fourth-order valence-corrected chi connectivity index (χ4v) is 4.88. The van der Waals surface area contributed by atoms with Crippen LogP contribution in [0.3, 0.4) is 0 Å². The monoisotopic (exact) mass is 457 g/mol. The molecule has 0 atom stereocenters. The lowest BCUT2D eigenvalue weighted by Crippen LogP contribution is -2.46. The van der Waals surface area contributed by atoms with Crippen LogP contribution in [0.2, 0.25) is 0 Å². The minimum atomic E-state index is 0.929. The summed E-state index contributed by atoms with van der Waals surface area (Å²) in [6.07, 6.45) is 2.93. The van der Waals surface area contributed by atoms with E-state index in [4.69, 9.17) is 4.98 Å². The van der Waals surface area contributed by atoms with Crippen molar-refractivity contribution in [2.75, 3.05) is 49.1 Å². The van der Waals surface area contributed by atoms with Crippen molar-refractivity contribution < 1.29 is 0 Å². The largest absolute Gasteiger partial charge is 0.372 e. The Morgan fingerprint density at radius 1 is 0.912 bits per heavy atom. The van der Waals surface area contributed by atoms with Gasteiger partial charge in [0.05, 0.1) is 11.2 Å². The predicted molar refractivity (Wildman–Crippen MR) is 141 cm³/mol. The molecule has 0 unspecified atom stereocenters. The van der Waals surface area contributed by atoms with Crippen molar-refractivity contribution >= 4 is 22.4 Å². The molecule has 1 saturated heterocycles. The van der Waals surface area contributed by atoms with Gasteiger partial charge in [-0.15, -0.1) is 0 Å². The van der Waals surface area contributed by atoms with Gasteiger partial charge in [0.1, 0.15) is 17.2 Å². The number of para-hydroxylation sites is 1. The number of H-pyrrole nitrogens is 2. The second kappa shape index (κ2) is 9.89. The quantitative estimate of drug-likeness (QED) is 0.402. The fourth-order valence-electron chi connectivity index (χ4n) is 4.88. The van der Waals surface area contributed by atoms with Crippen molar-refractivity contribution in [1.29, 1.82) is 0 Å². The van der Waals surface area contributed by atoms with E-state index in [-0.39, 0.29) is 0 Å². The summed E-state index contributed by atoms with van der Waals surface area (Å²) in [6.45, 7) is 13.5. The van der Waals surface area contributed by atoms with E-state index in [0.29, 0.717) is 0 Å².